The zero-order valence-electron chi connectivity index (χ0n) is 11.1. The summed E-state index contributed by atoms with van der Waals surface area (Å²) < 4.78 is 1.70. The predicted molar refractivity (Wildman–Crippen MR) is 83.6 cm³/mol. The summed E-state index contributed by atoms with van der Waals surface area (Å²) in [4.78, 5) is 24.3. The number of nitrogens with one attached hydrogen (secondary N) is 1. The Kier molecular flexibility index (Phi) is 4.04. The van der Waals surface area contributed by atoms with E-state index in [-0.39, 0.29) is 10.9 Å². The topological polar surface area (TPSA) is 72.7 Å². The van der Waals surface area contributed by atoms with Crippen LogP contribution in [0, 0.1) is 0 Å². The van der Waals surface area contributed by atoms with E-state index in [9.17, 15) is 4.79 Å². The number of hydrogen-bond acceptors (Lipinski definition) is 4. The second-order valence-electron chi connectivity index (χ2n) is 4.31. The Morgan fingerprint density at radius 1 is 1.18 bits per heavy atom. The Morgan fingerprint density at radius 2 is 2.05 bits per heavy atom. The SMILES string of the molecule is O=C(Nc1cc(-n2ccnc2)ncn1)c1ccc(Cl)cc1Cl. The highest BCUT2D eigenvalue weighted by atomic mass is 35.5. The van der Waals surface area contributed by atoms with Crippen molar-refractivity contribution in [3.05, 3.63) is 64.9 Å². The molecule has 1 amide bonds. The lowest BCUT2D eigenvalue weighted by Gasteiger charge is -2.07. The summed E-state index contributed by atoms with van der Waals surface area (Å²) in [5.41, 5.74) is 0.314. The smallest absolute Gasteiger partial charge is 0.258 e. The average Bonchev–Trinajstić information content (AvgIpc) is 3.01. The summed E-state index contributed by atoms with van der Waals surface area (Å²) in [6, 6.07) is 6.29. The summed E-state index contributed by atoms with van der Waals surface area (Å²) in [7, 11) is 0. The number of hydrogen-bond donors (Lipinski definition) is 1. The van der Waals surface area contributed by atoms with Gasteiger partial charge < -0.3 is 5.32 Å². The van der Waals surface area contributed by atoms with Gasteiger partial charge in [-0.25, -0.2) is 15.0 Å². The van der Waals surface area contributed by atoms with Gasteiger partial charge in [0, 0.05) is 23.5 Å². The number of nitrogens with zero attached hydrogens (tertiary/aromatic N) is 4. The number of carbonyl (C=O) groups excluding carboxylic acids is 1. The third-order valence-corrected chi connectivity index (χ3v) is 3.39. The van der Waals surface area contributed by atoms with Crippen LogP contribution in [0.4, 0.5) is 5.82 Å². The highest BCUT2D eigenvalue weighted by molar-refractivity contribution is 6.37. The number of anilines is 1. The van der Waals surface area contributed by atoms with Crippen LogP contribution in [0.25, 0.3) is 5.82 Å². The summed E-state index contributed by atoms with van der Waals surface area (Å²) in [6.07, 6.45) is 6.33. The first-order valence-electron chi connectivity index (χ1n) is 6.20. The van der Waals surface area contributed by atoms with Crippen LogP contribution >= 0.6 is 23.2 Å². The van der Waals surface area contributed by atoms with E-state index in [1.807, 2.05) is 0 Å². The maximum atomic E-state index is 12.2. The van der Waals surface area contributed by atoms with E-state index in [0.717, 1.165) is 0 Å². The van der Waals surface area contributed by atoms with Crippen LogP contribution in [0.5, 0.6) is 0 Å². The fourth-order valence-corrected chi connectivity index (χ4v) is 2.30. The molecule has 0 aliphatic carbocycles. The molecule has 0 fully saturated rings. The van der Waals surface area contributed by atoms with E-state index < -0.39 is 0 Å². The Bertz CT molecular complexity index is 820. The molecule has 22 heavy (non-hydrogen) atoms. The van der Waals surface area contributed by atoms with Gasteiger partial charge in [-0.3, -0.25) is 9.36 Å². The molecule has 1 N–H and O–H groups in total. The fraction of sp³-hybridized carbons (Fsp3) is 0. The molecule has 0 saturated carbocycles. The molecule has 1 aromatic carbocycles. The predicted octanol–water partition coefficient (Wildman–Crippen LogP) is 3.22. The van der Waals surface area contributed by atoms with Crippen molar-refractivity contribution in [1.29, 1.82) is 0 Å². The van der Waals surface area contributed by atoms with Gasteiger partial charge in [0.05, 0.1) is 10.6 Å². The number of carbonyl (C=O) groups is 1. The molecule has 0 unspecified atom stereocenters. The Balaban J connectivity index is 1.84. The number of imidazole rings is 1. The zero-order valence-corrected chi connectivity index (χ0v) is 12.6. The number of halogens is 2. The van der Waals surface area contributed by atoms with Gasteiger partial charge in [-0.2, -0.15) is 0 Å². The van der Waals surface area contributed by atoms with Crippen molar-refractivity contribution in [1.82, 2.24) is 19.5 Å². The molecular formula is C14H9Cl2N5O. The summed E-state index contributed by atoms with van der Waals surface area (Å²) in [5, 5.41) is 3.41. The molecule has 0 bridgehead atoms. The molecule has 0 atom stereocenters. The van der Waals surface area contributed by atoms with Crippen molar-refractivity contribution in [2.75, 3.05) is 5.32 Å². The molecule has 0 radical (unpaired) electrons. The third-order valence-electron chi connectivity index (χ3n) is 2.84. The molecule has 6 nitrogen and oxygen atoms in total. The molecule has 0 aliphatic rings. The lowest BCUT2D eigenvalue weighted by Crippen LogP contribution is -2.14. The van der Waals surface area contributed by atoms with Crippen molar-refractivity contribution in [2.45, 2.75) is 0 Å². The van der Waals surface area contributed by atoms with Crippen molar-refractivity contribution in [2.24, 2.45) is 0 Å². The van der Waals surface area contributed by atoms with Crippen LogP contribution in [0.15, 0.2) is 49.3 Å². The van der Waals surface area contributed by atoms with Crippen LogP contribution in [-0.2, 0) is 0 Å². The lowest BCUT2D eigenvalue weighted by atomic mass is 10.2. The van der Waals surface area contributed by atoms with Gasteiger partial charge in [-0.05, 0) is 18.2 Å². The largest absolute Gasteiger partial charge is 0.306 e. The van der Waals surface area contributed by atoms with E-state index in [2.05, 4.69) is 20.3 Å². The van der Waals surface area contributed by atoms with Crippen LogP contribution in [-0.4, -0.2) is 25.4 Å². The Labute approximate surface area is 135 Å². The quantitative estimate of drug-likeness (QED) is 0.798. The number of rotatable bonds is 3. The van der Waals surface area contributed by atoms with E-state index >= 15 is 0 Å². The third kappa shape index (κ3) is 3.08. The van der Waals surface area contributed by atoms with Crippen molar-refractivity contribution in [3.63, 3.8) is 0 Å². The molecule has 3 rings (SSSR count). The minimum absolute atomic E-state index is 0.272. The van der Waals surface area contributed by atoms with Gasteiger partial charge in [-0.1, -0.05) is 23.2 Å². The number of aromatic nitrogens is 4. The number of benzene rings is 1. The second-order valence-corrected chi connectivity index (χ2v) is 5.15. The maximum Gasteiger partial charge on any atom is 0.258 e. The molecule has 3 aromatic rings. The minimum Gasteiger partial charge on any atom is -0.306 e. The van der Waals surface area contributed by atoms with E-state index in [0.29, 0.717) is 22.2 Å². The van der Waals surface area contributed by atoms with Crippen LogP contribution in [0.3, 0.4) is 0 Å². The average molecular weight is 334 g/mol. The molecule has 2 heterocycles. The monoisotopic (exact) mass is 333 g/mol. The highest BCUT2D eigenvalue weighted by Gasteiger charge is 2.12. The standard InChI is InChI=1S/C14H9Cl2N5O/c15-9-1-2-10(11(16)5-9)14(22)20-12-6-13(19-7-18-12)21-4-3-17-8-21/h1-8H,(H,18,19,20,22). The van der Waals surface area contributed by atoms with Crippen molar-refractivity contribution >= 4 is 34.9 Å². The molecule has 110 valence electrons. The van der Waals surface area contributed by atoms with Gasteiger partial charge >= 0.3 is 0 Å². The van der Waals surface area contributed by atoms with E-state index in [4.69, 9.17) is 23.2 Å². The molecule has 2 aromatic heterocycles. The highest BCUT2D eigenvalue weighted by Crippen LogP contribution is 2.22. The van der Waals surface area contributed by atoms with Gasteiger partial charge in [-0.15, -0.1) is 0 Å². The Hall–Kier alpha value is -2.44. The van der Waals surface area contributed by atoms with Gasteiger partial charge in [0.1, 0.15) is 24.3 Å². The van der Waals surface area contributed by atoms with Crippen molar-refractivity contribution in [3.8, 4) is 5.82 Å². The van der Waals surface area contributed by atoms with Gasteiger partial charge in [0.25, 0.3) is 5.91 Å². The molecule has 0 spiro atoms. The van der Waals surface area contributed by atoms with Gasteiger partial charge in [0.2, 0.25) is 0 Å². The zero-order chi connectivity index (χ0) is 15.5. The summed E-state index contributed by atoms with van der Waals surface area (Å²) in [5.74, 6) is 0.566. The summed E-state index contributed by atoms with van der Waals surface area (Å²) >= 11 is 11.8. The second kappa shape index (κ2) is 6.13. The molecule has 0 aliphatic heterocycles. The lowest BCUT2D eigenvalue weighted by molar-refractivity contribution is 0.102. The van der Waals surface area contributed by atoms with Crippen LogP contribution in [0.1, 0.15) is 10.4 Å². The minimum atomic E-state index is -0.378. The van der Waals surface area contributed by atoms with Gasteiger partial charge in [0.15, 0.2) is 0 Å². The first-order valence-corrected chi connectivity index (χ1v) is 6.96. The normalized spacial score (nSPS) is 10.5. The van der Waals surface area contributed by atoms with Crippen molar-refractivity contribution < 1.29 is 4.79 Å². The molecule has 8 heteroatoms. The first-order chi connectivity index (χ1) is 10.6. The van der Waals surface area contributed by atoms with E-state index in [1.54, 1.807) is 41.5 Å². The van der Waals surface area contributed by atoms with Crippen LogP contribution < -0.4 is 5.32 Å². The number of amides is 1. The Morgan fingerprint density at radius 3 is 2.77 bits per heavy atom. The van der Waals surface area contributed by atoms with E-state index in [1.165, 1.54) is 12.4 Å². The fourth-order valence-electron chi connectivity index (χ4n) is 1.81. The molecular weight excluding hydrogens is 325 g/mol. The summed E-state index contributed by atoms with van der Waals surface area (Å²) in [6.45, 7) is 0. The van der Waals surface area contributed by atoms with Crippen LogP contribution in [0.2, 0.25) is 10.0 Å². The maximum absolute atomic E-state index is 12.2. The molecule has 0 saturated heterocycles. The first kappa shape index (κ1) is 14.5.